The number of nitrogens with zero attached hydrogens (tertiary/aromatic N) is 1. The van der Waals surface area contributed by atoms with Gasteiger partial charge in [0, 0.05) is 15.5 Å². The molecule has 0 aliphatic carbocycles. The maximum absolute atomic E-state index is 6.06. The fourth-order valence-electron chi connectivity index (χ4n) is 2.17. The van der Waals surface area contributed by atoms with Crippen LogP contribution in [0.5, 0.6) is 0 Å². The second-order valence-electron chi connectivity index (χ2n) is 4.51. The summed E-state index contributed by atoms with van der Waals surface area (Å²) in [7, 11) is 0. The smallest absolute Gasteiger partial charge is 0.230 e. The minimum atomic E-state index is 0.293. The van der Waals surface area contributed by atoms with E-state index in [0.29, 0.717) is 10.9 Å². The summed E-state index contributed by atoms with van der Waals surface area (Å²) in [4.78, 5) is 1.19. The summed E-state index contributed by atoms with van der Waals surface area (Å²) in [6.07, 6.45) is 2.04. The van der Waals surface area contributed by atoms with Gasteiger partial charge in [0.2, 0.25) is 5.88 Å². The van der Waals surface area contributed by atoms with Crippen LogP contribution in [0, 0.1) is 0 Å². The second-order valence-corrected chi connectivity index (χ2v) is 5.83. The highest BCUT2D eigenvalue weighted by Gasteiger charge is 2.17. The third kappa shape index (κ3) is 2.77. The molecule has 2 aromatic carbocycles. The van der Waals surface area contributed by atoms with Crippen LogP contribution >= 0.6 is 23.4 Å². The molecule has 0 radical (unpaired) electrons. The normalized spacial score (nSPS) is 10.8. The number of aromatic nitrogens is 1. The van der Waals surface area contributed by atoms with Crippen molar-refractivity contribution >= 4 is 29.2 Å². The first-order valence-corrected chi connectivity index (χ1v) is 7.95. The van der Waals surface area contributed by atoms with Crippen molar-refractivity contribution < 1.29 is 4.52 Å². The number of hydrogen-bond acceptors (Lipinski definition) is 4. The van der Waals surface area contributed by atoms with E-state index >= 15 is 0 Å². The molecule has 0 aliphatic rings. The third-order valence-corrected chi connectivity index (χ3v) is 4.17. The van der Waals surface area contributed by atoms with Crippen LogP contribution in [0.2, 0.25) is 5.02 Å². The summed E-state index contributed by atoms with van der Waals surface area (Å²) in [5, 5.41) is 4.75. The molecular weight excluding hydrogens is 304 g/mol. The molecule has 0 spiro atoms. The summed E-state index contributed by atoms with van der Waals surface area (Å²) in [5.74, 6) is 0.293. The van der Waals surface area contributed by atoms with Crippen LogP contribution in [-0.2, 0) is 0 Å². The molecule has 0 saturated heterocycles. The predicted octanol–water partition coefficient (Wildman–Crippen LogP) is 4.97. The lowest BCUT2D eigenvalue weighted by Crippen LogP contribution is -1.88. The van der Waals surface area contributed by atoms with E-state index in [1.54, 1.807) is 11.8 Å². The van der Waals surface area contributed by atoms with E-state index < -0.39 is 0 Å². The quantitative estimate of drug-likeness (QED) is 0.693. The number of benzene rings is 2. The van der Waals surface area contributed by atoms with Gasteiger partial charge in [-0.05, 0) is 36.1 Å². The Balaban J connectivity index is 2.12. The summed E-state index contributed by atoms with van der Waals surface area (Å²) in [6.45, 7) is 0. The predicted molar refractivity (Wildman–Crippen MR) is 88.6 cm³/mol. The molecule has 0 bridgehead atoms. The molecule has 5 heteroatoms. The van der Waals surface area contributed by atoms with Crippen LogP contribution < -0.4 is 5.73 Å². The van der Waals surface area contributed by atoms with Crippen molar-refractivity contribution in [2.45, 2.75) is 4.90 Å². The molecule has 0 aliphatic heterocycles. The van der Waals surface area contributed by atoms with Gasteiger partial charge in [-0.1, -0.05) is 41.0 Å². The van der Waals surface area contributed by atoms with Gasteiger partial charge in [0.25, 0.3) is 0 Å². The van der Waals surface area contributed by atoms with E-state index in [4.69, 9.17) is 21.9 Å². The minimum absolute atomic E-state index is 0.293. The van der Waals surface area contributed by atoms with Gasteiger partial charge in [-0.2, -0.15) is 0 Å². The van der Waals surface area contributed by atoms with Gasteiger partial charge >= 0.3 is 0 Å². The summed E-state index contributed by atoms with van der Waals surface area (Å²) >= 11 is 7.75. The Kier molecular flexibility index (Phi) is 3.90. The average molecular weight is 317 g/mol. The first-order chi connectivity index (χ1) is 10.2. The summed E-state index contributed by atoms with van der Waals surface area (Å²) in [6, 6.07) is 15.6. The molecule has 0 atom stereocenters. The van der Waals surface area contributed by atoms with Gasteiger partial charge in [-0.25, -0.2) is 0 Å². The summed E-state index contributed by atoms with van der Waals surface area (Å²) < 4.78 is 5.18. The average Bonchev–Trinajstić information content (AvgIpc) is 2.89. The zero-order valence-electron chi connectivity index (χ0n) is 11.3. The Morgan fingerprint density at radius 1 is 1.10 bits per heavy atom. The van der Waals surface area contributed by atoms with Crippen molar-refractivity contribution in [3.8, 4) is 22.4 Å². The van der Waals surface area contributed by atoms with Crippen molar-refractivity contribution in [1.29, 1.82) is 0 Å². The fraction of sp³-hybridized carbons (Fsp3) is 0.0625. The lowest BCUT2D eigenvalue weighted by molar-refractivity contribution is 0.439. The first-order valence-electron chi connectivity index (χ1n) is 6.34. The van der Waals surface area contributed by atoms with Crippen molar-refractivity contribution in [1.82, 2.24) is 5.16 Å². The van der Waals surface area contributed by atoms with E-state index in [-0.39, 0.29) is 0 Å². The molecule has 0 amide bonds. The topological polar surface area (TPSA) is 52.0 Å². The molecule has 1 heterocycles. The molecule has 2 N–H and O–H groups in total. The van der Waals surface area contributed by atoms with E-state index in [2.05, 4.69) is 5.16 Å². The summed E-state index contributed by atoms with van der Waals surface area (Å²) in [5.41, 5.74) is 9.29. The monoisotopic (exact) mass is 316 g/mol. The Morgan fingerprint density at radius 2 is 1.86 bits per heavy atom. The van der Waals surface area contributed by atoms with Crippen LogP contribution in [0.1, 0.15) is 0 Å². The van der Waals surface area contributed by atoms with Gasteiger partial charge in [0.15, 0.2) is 0 Å². The number of halogens is 1. The van der Waals surface area contributed by atoms with Crippen LogP contribution in [0.3, 0.4) is 0 Å². The van der Waals surface area contributed by atoms with Gasteiger partial charge in [0.1, 0.15) is 5.69 Å². The second kappa shape index (κ2) is 5.84. The highest BCUT2D eigenvalue weighted by molar-refractivity contribution is 7.98. The molecule has 3 nitrogen and oxygen atoms in total. The van der Waals surface area contributed by atoms with E-state index in [0.717, 1.165) is 22.4 Å². The number of nitrogens with two attached hydrogens (primary N) is 1. The Morgan fingerprint density at radius 3 is 2.52 bits per heavy atom. The Bertz CT molecular complexity index is 768. The molecule has 21 heavy (non-hydrogen) atoms. The van der Waals surface area contributed by atoms with Crippen LogP contribution in [0.15, 0.2) is 57.9 Å². The van der Waals surface area contributed by atoms with Crippen LogP contribution in [0.4, 0.5) is 5.88 Å². The lowest BCUT2D eigenvalue weighted by atomic mass is 10.0. The van der Waals surface area contributed by atoms with E-state index in [1.807, 2.05) is 54.8 Å². The first kappa shape index (κ1) is 14.0. The van der Waals surface area contributed by atoms with Crippen LogP contribution in [-0.4, -0.2) is 11.4 Å². The molecule has 3 aromatic rings. The van der Waals surface area contributed by atoms with Gasteiger partial charge in [-0.15, -0.1) is 11.8 Å². The molecular formula is C16H13ClN2OS. The molecule has 0 unspecified atom stereocenters. The number of rotatable bonds is 3. The third-order valence-electron chi connectivity index (χ3n) is 3.20. The molecule has 0 fully saturated rings. The van der Waals surface area contributed by atoms with Crippen molar-refractivity contribution in [3.05, 3.63) is 53.6 Å². The highest BCUT2D eigenvalue weighted by Crippen LogP contribution is 2.37. The lowest BCUT2D eigenvalue weighted by Gasteiger charge is -2.04. The van der Waals surface area contributed by atoms with Gasteiger partial charge in [0.05, 0.1) is 5.56 Å². The number of thioether (sulfide) groups is 1. The maximum atomic E-state index is 6.06. The molecule has 106 valence electrons. The largest absolute Gasteiger partial charge is 0.367 e. The number of hydrogen-bond donors (Lipinski definition) is 1. The Labute approximate surface area is 132 Å². The fourth-order valence-corrected chi connectivity index (χ4v) is 2.77. The van der Waals surface area contributed by atoms with Gasteiger partial charge in [-0.3, -0.25) is 0 Å². The molecule has 1 aromatic heterocycles. The van der Waals surface area contributed by atoms with Crippen molar-refractivity contribution in [2.75, 3.05) is 12.0 Å². The highest BCUT2D eigenvalue weighted by atomic mass is 35.5. The van der Waals surface area contributed by atoms with E-state index in [1.165, 1.54) is 4.90 Å². The van der Waals surface area contributed by atoms with E-state index in [9.17, 15) is 0 Å². The maximum Gasteiger partial charge on any atom is 0.230 e. The zero-order valence-corrected chi connectivity index (χ0v) is 12.9. The number of nitrogen functional groups attached to an aromatic ring is 1. The van der Waals surface area contributed by atoms with Gasteiger partial charge < -0.3 is 10.3 Å². The zero-order chi connectivity index (χ0) is 14.8. The molecule has 3 rings (SSSR count). The number of anilines is 1. The molecule has 0 saturated carbocycles. The standard InChI is InChI=1S/C16H13ClN2OS/c1-21-13-7-5-10(6-8-13)15-14(16(18)20-19-15)11-3-2-4-12(17)9-11/h2-9H,18H2,1H3. The van der Waals surface area contributed by atoms with Crippen molar-refractivity contribution in [2.24, 2.45) is 0 Å². The minimum Gasteiger partial charge on any atom is -0.367 e. The van der Waals surface area contributed by atoms with Crippen LogP contribution in [0.25, 0.3) is 22.4 Å². The Hall–Kier alpha value is -1.91. The van der Waals surface area contributed by atoms with Crippen molar-refractivity contribution in [3.63, 3.8) is 0 Å². The SMILES string of the molecule is CSc1ccc(-c2noc(N)c2-c2cccc(Cl)c2)cc1.